The molecule has 2 heterocycles. The first-order chi connectivity index (χ1) is 22.2. The van der Waals surface area contributed by atoms with Crippen molar-refractivity contribution in [1.29, 1.82) is 0 Å². The van der Waals surface area contributed by atoms with Gasteiger partial charge in [0.15, 0.2) is 33.0 Å². The third-order valence-corrected chi connectivity index (χ3v) is 11.4. The van der Waals surface area contributed by atoms with Gasteiger partial charge in [-0.3, -0.25) is 24.1 Å². The smallest absolute Gasteiger partial charge is 0.258 e. The van der Waals surface area contributed by atoms with Gasteiger partial charge in [0.25, 0.3) is 11.8 Å². The second-order valence-corrected chi connectivity index (χ2v) is 13.5. The van der Waals surface area contributed by atoms with Gasteiger partial charge in [0.2, 0.25) is 17.6 Å². The maximum atomic E-state index is 15.2. The molecule has 14 heteroatoms. The van der Waals surface area contributed by atoms with E-state index in [4.69, 9.17) is 23.2 Å². The van der Waals surface area contributed by atoms with E-state index in [0.717, 1.165) is 4.90 Å². The molecule has 1 saturated carbocycles. The highest BCUT2D eigenvalue weighted by Crippen LogP contribution is 2.66. The Bertz CT molecular complexity index is 1980. The number of fused-ring (bicyclic) bond motifs is 5. The molecule has 2 aliphatic carbocycles. The summed E-state index contributed by atoms with van der Waals surface area (Å²) in [6, 6.07) is 9.13. The summed E-state index contributed by atoms with van der Waals surface area (Å²) in [6.45, 7) is 1.92. The number of carbonyl (C=O) groups excluding carboxylic acids is 4. The van der Waals surface area contributed by atoms with Crippen LogP contribution in [0.3, 0.4) is 0 Å². The SMILES string of the molecule is CCCN1C(=O)C2CC=C3C(CC4(Cl)C(=O)N(c5c(F)c(F)c(F)c(F)c5F)C(=O)C4(Cl)C3c3ccc(O)c4ccccc34)C2C1=O. The van der Waals surface area contributed by atoms with Crippen molar-refractivity contribution < 1.29 is 46.2 Å². The third-order valence-electron chi connectivity index (χ3n) is 10.0. The summed E-state index contributed by atoms with van der Waals surface area (Å²) in [7, 11) is 0. The minimum atomic E-state index is -2.64. The molecule has 4 aliphatic rings. The van der Waals surface area contributed by atoms with Gasteiger partial charge in [0, 0.05) is 17.8 Å². The van der Waals surface area contributed by atoms with Crippen molar-refractivity contribution >= 4 is 63.3 Å². The van der Waals surface area contributed by atoms with Crippen LogP contribution in [0.4, 0.5) is 27.6 Å². The average Bonchev–Trinajstić information content (AvgIpc) is 3.38. The maximum Gasteiger partial charge on any atom is 0.258 e. The molecule has 6 atom stereocenters. The number of allylic oxidation sites excluding steroid dienone is 2. The number of carbonyl (C=O) groups is 4. The van der Waals surface area contributed by atoms with Crippen LogP contribution in [-0.4, -0.2) is 49.9 Å². The van der Waals surface area contributed by atoms with Crippen molar-refractivity contribution in [1.82, 2.24) is 4.90 Å². The van der Waals surface area contributed by atoms with Gasteiger partial charge in [-0.15, -0.1) is 23.2 Å². The zero-order valence-electron chi connectivity index (χ0n) is 24.3. The summed E-state index contributed by atoms with van der Waals surface area (Å²) in [4.78, 5) is 51.5. The minimum Gasteiger partial charge on any atom is -0.507 e. The molecule has 7 nitrogen and oxygen atoms in total. The number of hydrogen-bond donors (Lipinski definition) is 1. The molecule has 7 rings (SSSR count). The molecule has 2 saturated heterocycles. The summed E-state index contributed by atoms with van der Waals surface area (Å²) >= 11 is 14.4. The number of phenols is 1. The number of phenolic OH excluding ortho intramolecular Hbond substituents is 1. The molecular weight excluding hydrogens is 670 g/mol. The molecule has 0 spiro atoms. The van der Waals surface area contributed by atoms with E-state index in [-0.39, 0.29) is 29.2 Å². The molecule has 3 aromatic carbocycles. The highest BCUT2D eigenvalue weighted by Gasteiger charge is 2.77. The molecule has 3 fully saturated rings. The fourth-order valence-corrected chi connectivity index (χ4v) is 8.91. The van der Waals surface area contributed by atoms with E-state index in [2.05, 4.69) is 0 Å². The molecule has 0 bridgehead atoms. The van der Waals surface area contributed by atoms with Crippen LogP contribution < -0.4 is 4.90 Å². The summed E-state index contributed by atoms with van der Waals surface area (Å²) < 4.78 is 73.2. The molecule has 0 radical (unpaired) electrons. The first-order valence-electron chi connectivity index (χ1n) is 14.8. The molecule has 6 unspecified atom stereocenters. The second-order valence-electron chi connectivity index (χ2n) is 12.2. The first-order valence-corrected chi connectivity index (χ1v) is 15.5. The quantitative estimate of drug-likeness (QED) is 0.0876. The normalized spacial score (nSPS) is 30.2. The van der Waals surface area contributed by atoms with E-state index < -0.39 is 98.2 Å². The fourth-order valence-electron chi connectivity index (χ4n) is 7.98. The highest BCUT2D eigenvalue weighted by molar-refractivity contribution is 6.58. The summed E-state index contributed by atoms with van der Waals surface area (Å²) in [5, 5.41) is 11.3. The van der Waals surface area contributed by atoms with Crippen LogP contribution >= 0.6 is 23.2 Å². The van der Waals surface area contributed by atoms with Crippen LogP contribution in [-0.2, 0) is 19.2 Å². The zero-order valence-corrected chi connectivity index (χ0v) is 25.8. The van der Waals surface area contributed by atoms with Crippen molar-refractivity contribution in [3.05, 3.63) is 82.7 Å². The Morgan fingerprint density at radius 1 is 0.830 bits per heavy atom. The summed E-state index contributed by atoms with van der Waals surface area (Å²) in [5.74, 6) is -20.7. The Balaban J connectivity index is 1.51. The van der Waals surface area contributed by atoms with Gasteiger partial charge in [0.05, 0.1) is 11.8 Å². The Kier molecular flexibility index (Phi) is 7.04. The summed E-state index contributed by atoms with van der Waals surface area (Å²) in [6.07, 6.45) is 1.59. The number of rotatable bonds is 4. The van der Waals surface area contributed by atoms with Gasteiger partial charge in [0.1, 0.15) is 11.4 Å². The third kappa shape index (κ3) is 3.85. The highest BCUT2D eigenvalue weighted by atomic mass is 35.5. The van der Waals surface area contributed by atoms with Crippen LogP contribution in [0, 0.1) is 46.8 Å². The largest absolute Gasteiger partial charge is 0.507 e. The van der Waals surface area contributed by atoms with E-state index in [1.165, 1.54) is 12.1 Å². The van der Waals surface area contributed by atoms with E-state index in [9.17, 15) is 37.5 Å². The molecule has 0 aromatic heterocycles. The predicted octanol–water partition coefficient (Wildman–Crippen LogP) is 6.21. The van der Waals surface area contributed by atoms with Gasteiger partial charge >= 0.3 is 0 Å². The van der Waals surface area contributed by atoms with E-state index in [0.29, 0.717) is 22.8 Å². The van der Waals surface area contributed by atoms with Gasteiger partial charge in [-0.2, -0.15) is 0 Å². The lowest BCUT2D eigenvalue weighted by Gasteiger charge is -2.51. The maximum absolute atomic E-state index is 15.2. The van der Waals surface area contributed by atoms with E-state index in [1.54, 1.807) is 37.3 Å². The number of anilines is 1. The number of halogens is 7. The van der Waals surface area contributed by atoms with Gasteiger partial charge in [-0.25, -0.2) is 26.9 Å². The predicted molar refractivity (Wildman–Crippen MR) is 159 cm³/mol. The van der Waals surface area contributed by atoms with Crippen LogP contribution in [0.15, 0.2) is 48.0 Å². The van der Waals surface area contributed by atoms with Crippen molar-refractivity contribution in [2.45, 2.75) is 41.9 Å². The van der Waals surface area contributed by atoms with Gasteiger partial charge in [-0.05, 0) is 42.2 Å². The Morgan fingerprint density at radius 2 is 1.45 bits per heavy atom. The summed E-state index contributed by atoms with van der Waals surface area (Å²) in [5.41, 5.74) is -1.26. The molecule has 4 amide bonds. The number of nitrogens with zero attached hydrogens (tertiary/aromatic N) is 2. The monoisotopic (exact) mass is 692 g/mol. The molecule has 47 heavy (non-hydrogen) atoms. The number of hydrogen-bond acceptors (Lipinski definition) is 5. The number of alkyl halides is 2. The molecule has 1 N–H and O–H groups in total. The van der Waals surface area contributed by atoms with Crippen LogP contribution in [0.5, 0.6) is 5.75 Å². The van der Waals surface area contributed by atoms with Gasteiger partial charge < -0.3 is 5.11 Å². The zero-order chi connectivity index (χ0) is 33.9. The Hall–Kier alpha value is -4.03. The molecule has 244 valence electrons. The molecule has 2 aliphatic heterocycles. The average molecular weight is 693 g/mol. The van der Waals surface area contributed by atoms with Crippen molar-refractivity contribution in [3.8, 4) is 5.75 Å². The topological polar surface area (TPSA) is 95.0 Å². The lowest BCUT2D eigenvalue weighted by atomic mass is 9.56. The standard InChI is InChI=1S/C33H23Cl2F5N2O5/c1-2-11-41-28(44)17-8-7-16-18(20(17)29(41)45)12-32(34)30(46)42(27-25(39)23(37)22(36)24(38)26(27)40)31(47)33(32,35)21(16)15-9-10-19(43)14-6-4-3-5-13(14)15/h3-7,9-10,17-18,20-21,43H,2,8,11-12H2,1H3. The second kappa shape index (κ2) is 10.5. The fraction of sp³-hybridized carbons (Fsp3) is 0.333. The Labute approximate surface area is 273 Å². The minimum absolute atomic E-state index is 0.0551. The van der Waals surface area contributed by atoms with Crippen LogP contribution in [0.25, 0.3) is 10.8 Å². The lowest BCUT2D eigenvalue weighted by molar-refractivity contribution is -0.140. The van der Waals surface area contributed by atoms with E-state index >= 15 is 8.78 Å². The molecule has 3 aromatic rings. The Morgan fingerprint density at radius 3 is 2.09 bits per heavy atom. The number of likely N-dealkylation sites (tertiary alicyclic amines) is 1. The van der Waals surface area contributed by atoms with Crippen LogP contribution in [0.2, 0.25) is 0 Å². The number of imide groups is 2. The van der Waals surface area contributed by atoms with Crippen molar-refractivity contribution in [2.75, 3.05) is 11.4 Å². The first kappa shape index (κ1) is 31.6. The van der Waals surface area contributed by atoms with Gasteiger partial charge in [-0.1, -0.05) is 48.9 Å². The van der Waals surface area contributed by atoms with E-state index in [1.807, 2.05) is 0 Å². The van der Waals surface area contributed by atoms with Crippen LogP contribution in [0.1, 0.15) is 37.7 Å². The molecular formula is C33H23Cl2F5N2O5. The lowest BCUT2D eigenvalue weighted by Crippen LogP contribution is -2.60. The van der Waals surface area contributed by atoms with Crippen molar-refractivity contribution in [3.63, 3.8) is 0 Å². The van der Waals surface area contributed by atoms with Crippen molar-refractivity contribution in [2.24, 2.45) is 17.8 Å². The number of amides is 4. The number of benzene rings is 3. The number of aromatic hydroxyl groups is 1.